The molecular weight excluding hydrogens is 260 g/mol. The monoisotopic (exact) mass is 274 g/mol. The fourth-order valence-electron chi connectivity index (χ4n) is 1.98. The molecule has 0 aliphatic heterocycles. The van der Waals surface area contributed by atoms with Gasteiger partial charge in [-0.25, -0.2) is 0 Å². The summed E-state index contributed by atoms with van der Waals surface area (Å²) in [4.78, 5) is 0. The second-order valence-electron chi connectivity index (χ2n) is 4.44. The van der Waals surface area contributed by atoms with E-state index in [9.17, 15) is 0 Å². The van der Waals surface area contributed by atoms with Gasteiger partial charge < -0.3 is 4.42 Å². The van der Waals surface area contributed by atoms with E-state index in [0.717, 1.165) is 16.8 Å². The van der Waals surface area contributed by atoms with Gasteiger partial charge in [0.15, 0.2) is 0 Å². The Labute approximate surface area is 123 Å². The zero-order chi connectivity index (χ0) is 14.3. The molecule has 3 heteroatoms. The average Bonchev–Trinajstić information content (AvgIpc) is 3.07. The molecule has 1 aromatic heterocycles. The fourth-order valence-corrected chi connectivity index (χ4v) is 1.98. The molecule has 2 aromatic carbocycles. The van der Waals surface area contributed by atoms with Gasteiger partial charge in [-0.05, 0) is 12.1 Å². The molecule has 0 unspecified atom stereocenters. The van der Waals surface area contributed by atoms with E-state index in [0.29, 0.717) is 5.76 Å². The summed E-state index contributed by atoms with van der Waals surface area (Å²) in [6.45, 7) is 0. The molecule has 0 amide bonds. The minimum atomic E-state index is 0.680. The van der Waals surface area contributed by atoms with Crippen molar-refractivity contribution in [1.29, 1.82) is 0 Å². The van der Waals surface area contributed by atoms with Crippen LogP contribution in [-0.2, 0) is 0 Å². The van der Waals surface area contributed by atoms with Crippen LogP contribution in [0.1, 0.15) is 16.9 Å². The SMILES string of the molecule is C(=N\N=C(c1ccccc1)c1ccccc1)/c1ccco1. The maximum absolute atomic E-state index is 5.21. The zero-order valence-corrected chi connectivity index (χ0v) is 11.4. The summed E-state index contributed by atoms with van der Waals surface area (Å²) in [7, 11) is 0. The van der Waals surface area contributed by atoms with Crippen molar-refractivity contribution in [3.05, 3.63) is 95.9 Å². The van der Waals surface area contributed by atoms with Gasteiger partial charge in [0.05, 0.1) is 12.5 Å². The van der Waals surface area contributed by atoms with Gasteiger partial charge >= 0.3 is 0 Å². The van der Waals surface area contributed by atoms with Gasteiger partial charge in [0.1, 0.15) is 11.5 Å². The lowest BCUT2D eigenvalue weighted by molar-refractivity contribution is 0.560. The number of furan rings is 1. The van der Waals surface area contributed by atoms with E-state index in [-0.39, 0.29) is 0 Å². The second-order valence-corrected chi connectivity index (χ2v) is 4.44. The van der Waals surface area contributed by atoms with Gasteiger partial charge in [-0.1, -0.05) is 60.7 Å². The molecule has 21 heavy (non-hydrogen) atoms. The maximum atomic E-state index is 5.21. The summed E-state index contributed by atoms with van der Waals surface area (Å²) in [6.07, 6.45) is 3.21. The summed E-state index contributed by atoms with van der Waals surface area (Å²) in [5.74, 6) is 0.680. The first-order valence-corrected chi connectivity index (χ1v) is 6.69. The fraction of sp³-hybridized carbons (Fsp3) is 0. The molecule has 0 atom stereocenters. The number of hydrogen-bond donors (Lipinski definition) is 0. The average molecular weight is 274 g/mol. The van der Waals surface area contributed by atoms with Crippen molar-refractivity contribution >= 4 is 11.9 Å². The van der Waals surface area contributed by atoms with E-state index >= 15 is 0 Å². The summed E-state index contributed by atoms with van der Waals surface area (Å²) < 4.78 is 5.21. The molecule has 0 radical (unpaired) electrons. The molecule has 1 heterocycles. The smallest absolute Gasteiger partial charge is 0.146 e. The van der Waals surface area contributed by atoms with Gasteiger partial charge in [-0.15, -0.1) is 5.10 Å². The molecule has 3 nitrogen and oxygen atoms in total. The first kappa shape index (κ1) is 13.1. The van der Waals surface area contributed by atoms with Gasteiger partial charge in [-0.2, -0.15) is 5.10 Å². The van der Waals surface area contributed by atoms with E-state index in [2.05, 4.69) is 10.2 Å². The van der Waals surface area contributed by atoms with Crippen LogP contribution in [0.25, 0.3) is 0 Å². The third-order valence-corrected chi connectivity index (χ3v) is 2.98. The van der Waals surface area contributed by atoms with Crippen LogP contribution in [0.4, 0.5) is 0 Å². The van der Waals surface area contributed by atoms with Crippen molar-refractivity contribution in [3.8, 4) is 0 Å². The highest BCUT2D eigenvalue weighted by molar-refractivity contribution is 6.12. The Morgan fingerprint density at radius 2 is 1.38 bits per heavy atom. The molecule has 0 aliphatic rings. The third-order valence-electron chi connectivity index (χ3n) is 2.98. The number of benzene rings is 2. The number of nitrogens with zero attached hydrogens (tertiary/aromatic N) is 2. The Hall–Kier alpha value is -2.94. The van der Waals surface area contributed by atoms with Crippen molar-refractivity contribution in [1.82, 2.24) is 0 Å². The van der Waals surface area contributed by atoms with E-state index < -0.39 is 0 Å². The minimum absolute atomic E-state index is 0.680. The lowest BCUT2D eigenvalue weighted by Crippen LogP contribution is -2.02. The Balaban J connectivity index is 1.97. The van der Waals surface area contributed by atoms with Gasteiger partial charge in [-0.3, -0.25) is 0 Å². The predicted octanol–water partition coefficient (Wildman–Crippen LogP) is 4.15. The molecule has 0 saturated heterocycles. The van der Waals surface area contributed by atoms with E-state index in [1.807, 2.05) is 72.8 Å². The maximum Gasteiger partial charge on any atom is 0.146 e. The first-order valence-electron chi connectivity index (χ1n) is 6.69. The molecule has 0 saturated carbocycles. The van der Waals surface area contributed by atoms with Crippen LogP contribution in [0.15, 0.2) is 93.7 Å². The Morgan fingerprint density at radius 1 is 0.762 bits per heavy atom. The van der Waals surface area contributed by atoms with Gasteiger partial charge in [0.2, 0.25) is 0 Å². The van der Waals surface area contributed by atoms with Crippen LogP contribution in [0, 0.1) is 0 Å². The van der Waals surface area contributed by atoms with Crippen LogP contribution >= 0.6 is 0 Å². The molecule has 0 bridgehead atoms. The third kappa shape index (κ3) is 3.34. The predicted molar refractivity (Wildman–Crippen MR) is 84.8 cm³/mol. The second kappa shape index (κ2) is 6.48. The standard InChI is InChI=1S/C18H14N2O/c1-3-8-15(9-4-1)18(16-10-5-2-6-11-16)20-19-14-17-12-7-13-21-17/h1-14H/b19-14+. The van der Waals surface area contributed by atoms with Crippen LogP contribution in [0.3, 0.4) is 0 Å². The lowest BCUT2D eigenvalue weighted by atomic mass is 10.0. The Morgan fingerprint density at radius 3 is 1.90 bits per heavy atom. The van der Waals surface area contributed by atoms with Crippen LogP contribution < -0.4 is 0 Å². The molecule has 3 rings (SSSR count). The highest BCUT2D eigenvalue weighted by atomic mass is 16.3. The summed E-state index contributed by atoms with van der Waals surface area (Å²) in [6, 6.07) is 23.7. The zero-order valence-electron chi connectivity index (χ0n) is 11.4. The summed E-state index contributed by atoms with van der Waals surface area (Å²) in [5.41, 5.74) is 2.89. The molecular formula is C18H14N2O. The topological polar surface area (TPSA) is 37.9 Å². The normalized spacial score (nSPS) is 10.7. The molecule has 0 aliphatic carbocycles. The largest absolute Gasteiger partial charge is 0.463 e. The van der Waals surface area contributed by atoms with Crippen molar-refractivity contribution < 1.29 is 4.42 Å². The van der Waals surface area contributed by atoms with Crippen molar-refractivity contribution in [2.45, 2.75) is 0 Å². The number of hydrogen-bond acceptors (Lipinski definition) is 3. The number of rotatable bonds is 4. The minimum Gasteiger partial charge on any atom is -0.463 e. The molecule has 0 N–H and O–H groups in total. The van der Waals surface area contributed by atoms with E-state index in [4.69, 9.17) is 4.42 Å². The lowest BCUT2D eigenvalue weighted by Gasteiger charge is -2.04. The van der Waals surface area contributed by atoms with Crippen LogP contribution in [0.2, 0.25) is 0 Å². The highest BCUT2D eigenvalue weighted by Gasteiger charge is 2.05. The molecule has 0 spiro atoms. The van der Waals surface area contributed by atoms with E-state index in [1.165, 1.54) is 0 Å². The quantitative estimate of drug-likeness (QED) is 0.520. The van der Waals surface area contributed by atoms with Gasteiger partial charge in [0, 0.05) is 11.1 Å². The van der Waals surface area contributed by atoms with Crippen molar-refractivity contribution in [2.75, 3.05) is 0 Å². The van der Waals surface area contributed by atoms with Crippen molar-refractivity contribution in [3.63, 3.8) is 0 Å². The Bertz CT molecular complexity index is 688. The molecule has 102 valence electrons. The summed E-state index contributed by atoms with van der Waals surface area (Å²) in [5, 5.41) is 8.50. The summed E-state index contributed by atoms with van der Waals surface area (Å²) >= 11 is 0. The highest BCUT2D eigenvalue weighted by Crippen LogP contribution is 2.11. The first-order chi connectivity index (χ1) is 10.4. The van der Waals surface area contributed by atoms with Crippen LogP contribution in [0.5, 0.6) is 0 Å². The van der Waals surface area contributed by atoms with Crippen LogP contribution in [-0.4, -0.2) is 11.9 Å². The molecule has 3 aromatic rings. The van der Waals surface area contributed by atoms with Gasteiger partial charge in [0.25, 0.3) is 0 Å². The van der Waals surface area contributed by atoms with Crippen molar-refractivity contribution in [2.24, 2.45) is 10.2 Å². The Kier molecular flexibility index (Phi) is 4.03. The van der Waals surface area contributed by atoms with E-state index in [1.54, 1.807) is 12.5 Å². The molecule has 0 fully saturated rings.